The number of sulfone groups is 1. The zero-order valence-electron chi connectivity index (χ0n) is 15.8. The normalized spacial score (nSPS) is 12.7. The molecule has 0 atom stereocenters. The van der Waals surface area contributed by atoms with E-state index in [1.54, 1.807) is 38.2 Å². The fourth-order valence-electron chi connectivity index (χ4n) is 2.69. The fourth-order valence-corrected chi connectivity index (χ4v) is 3.65. The van der Waals surface area contributed by atoms with Gasteiger partial charge in [-0.05, 0) is 41.8 Å². The second kappa shape index (κ2) is 8.64. The minimum atomic E-state index is -4.38. The molecule has 9 heteroatoms. The summed E-state index contributed by atoms with van der Waals surface area (Å²) < 4.78 is 61.7. The van der Waals surface area contributed by atoms with Crippen LogP contribution in [0.1, 0.15) is 22.3 Å². The Morgan fingerprint density at radius 3 is 2.14 bits per heavy atom. The maximum atomic E-state index is 12.8. The number of hydrogen-bond acceptors (Lipinski definition) is 3. The van der Waals surface area contributed by atoms with E-state index in [4.69, 9.17) is 0 Å². The lowest BCUT2D eigenvalue weighted by Gasteiger charge is -2.14. The molecule has 0 saturated heterocycles. The zero-order valence-corrected chi connectivity index (χ0v) is 16.6. The van der Waals surface area contributed by atoms with Crippen molar-refractivity contribution >= 4 is 15.8 Å². The average molecular weight is 413 g/mol. The molecule has 0 bridgehead atoms. The van der Waals surface area contributed by atoms with Gasteiger partial charge in [0.05, 0.1) is 10.5 Å². The predicted octanol–water partition coefficient (Wildman–Crippen LogP) is 3.28. The first-order valence-electron chi connectivity index (χ1n) is 8.41. The minimum Gasteiger partial charge on any atom is -0.352 e. The van der Waals surface area contributed by atoms with E-state index in [-0.39, 0.29) is 11.4 Å². The Balaban J connectivity index is 1.98. The maximum Gasteiger partial charge on any atom is 0.416 e. The molecule has 5 nitrogen and oxygen atoms in total. The Kier molecular flexibility index (Phi) is 6.71. The summed E-state index contributed by atoms with van der Waals surface area (Å²) >= 11 is 0. The van der Waals surface area contributed by atoms with Crippen LogP contribution in [0.4, 0.5) is 13.2 Å². The molecule has 0 spiro atoms. The van der Waals surface area contributed by atoms with Crippen LogP contribution in [-0.2, 0) is 29.1 Å². The summed E-state index contributed by atoms with van der Waals surface area (Å²) in [5, 5.41) is 6.01. The third kappa shape index (κ3) is 5.98. The molecule has 2 aromatic carbocycles. The lowest BCUT2D eigenvalue weighted by molar-refractivity contribution is -0.137. The van der Waals surface area contributed by atoms with E-state index in [0.717, 1.165) is 24.0 Å². The highest BCUT2D eigenvalue weighted by atomic mass is 32.2. The molecule has 0 aliphatic heterocycles. The number of benzene rings is 2. The van der Waals surface area contributed by atoms with E-state index < -0.39 is 21.6 Å². The number of halogens is 3. The molecule has 0 unspecified atom stereocenters. The predicted molar refractivity (Wildman–Crippen MR) is 103 cm³/mol. The van der Waals surface area contributed by atoms with Gasteiger partial charge in [0, 0.05) is 26.4 Å². The van der Waals surface area contributed by atoms with Crippen LogP contribution in [0.2, 0.25) is 0 Å². The van der Waals surface area contributed by atoms with E-state index in [0.29, 0.717) is 23.6 Å². The summed E-state index contributed by atoms with van der Waals surface area (Å²) in [4.78, 5) is 4.33. The van der Waals surface area contributed by atoms with E-state index in [1.807, 2.05) is 0 Å². The second-order valence-corrected chi connectivity index (χ2v) is 8.33. The Morgan fingerprint density at radius 2 is 1.64 bits per heavy atom. The van der Waals surface area contributed by atoms with Gasteiger partial charge in [-0.1, -0.05) is 24.3 Å². The first kappa shape index (κ1) is 21.7. The topological polar surface area (TPSA) is 70.6 Å². The highest BCUT2D eigenvalue weighted by Gasteiger charge is 2.30. The summed E-state index contributed by atoms with van der Waals surface area (Å²) in [7, 11) is -1.72. The van der Waals surface area contributed by atoms with Gasteiger partial charge in [0.15, 0.2) is 15.8 Å². The number of alkyl halides is 3. The molecule has 0 amide bonds. The van der Waals surface area contributed by atoms with Crippen LogP contribution in [-0.4, -0.2) is 27.7 Å². The smallest absolute Gasteiger partial charge is 0.352 e. The number of guanidine groups is 1. The first-order chi connectivity index (χ1) is 13.0. The lowest BCUT2D eigenvalue weighted by atomic mass is 10.1. The standard InChI is InChI=1S/C19H22F3N3O2S/c1-13-9-15(7-8-17(13)28(3,26)27)12-25-18(23-2)24-11-14-5-4-6-16(10-14)19(20,21)22/h4-10H,11-12H2,1-3H3,(H2,23,24,25). The van der Waals surface area contributed by atoms with Crippen molar-refractivity contribution in [2.45, 2.75) is 31.1 Å². The van der Waals surface area contributed by atoms with Crippen LogP contribution < -0.4 is 10.6 Å². The molecule has 2 N–H and O–H groups in total. The van der Waals surface area contributed by atoms with Gasteiger partial charge in [-0.2, -0.15) is 13.2 Å². The van der Waals surface area contributed by atoms with Crippen molar-refractivity contribution < 1.29 is 21.6 Å². The van der Waals surface area contributed by atoms with Crippen LogP contribution >= 0.6 is 0 Å². The molecule has 28 heavy (non-hydrogen) atoms. The van der Waals surface area contributed by atoms with Crippen molar-refractivity contribution in [1.29, 1.82) is 0 Å². The van der Waals surface area contributed by atoms with Crippen molar-refractivity contribution in [3.8, 4) is 0 Å². The molecule has 0 fully saturated rings. The lowest BCUT2D eigenvalue weighted by Crippen LogP contribution is -2.36. The second-order valence-electron chi connectivity index (χ2n) is 6.35. The third-order valence-electron chi connectivity index (χ3n) is 4.04. The Bertz CT molecular complexity index is 971. The quantitative estimate of drug-likeness (QED) is 0.583. The molecule has 2 rings (SSSR count). The zero-order chi connectivity index (χ0) is 20.9. The molecule has 2 aromatic rings. The van der Waals surface area contributed by atoms with Crippen molar-refractivity contribution in [3.05, 3.63) is 64.7 Å². The first-order valence-corrected chi connectivity index (χ1v) is 10.3. The largest absolute Gasteiger partial charge is 0.416 e. The molecule has 0 saturated carbocycles. The number of rotatable bonds is 5. The SMILES string of the molecule is CN=C(NCc1cccc(C(F)(F)F)c1)NCc1ccc(S(C)(=O)=O)c(C)c1. The highest BCUT2D eigenvalue weighted by molar-refractivity contribution is 7.90. The molecular formula is C19H22F3N3O2S. The van der Waals surface area contributed by atoms with Gasteiger partial charge in [-0.3, -0.25) is 4.99 Å². The Labute approximate surface area is 162 Å². The van der Waals surface area contributed by atoms with E-state index in [1.165, 1.54) is 6.07 Å². The summed E-state index contributed by atoms with van der Waals surface area (Å²) in [6.07, 6.45) is -3.22. The number of aryl methyl sites for hydroxylation is 1. The van der Waals surface area contributed by atoms with Crippen molar-refractivity contribution in [2.75, 3.05) is 13.3 Å². The van der Waals surface area contributed by atoms with Crippen molar-refractivity contribution in [3.63, 3.8) is 0 Å². The van der Waals surface area contributed by atoms with Crippen LogP contribution in [0.3, 0.4) is 0 Å². The molecule has 0 radical (unpaired) electrons. The summed E-state index contributed by atoms with van der Waals surface area (Å²) in [5.41, 5.74) is 1.28. The van der Waals surface area contributed by atoms with Crippen LogP contribution in [0.5, 0.6) is 0 Å². The monoisotopic (exact) mass is 413 g/mol. The van der Waals surface area contributed by atoms with E-state index >= 15 is 0 Å². The van der Waals surface area contributed by atoms with Gasteiger partial charge in [-0.25, -0.2) is 8.42 Å². The number of nitrogens with zero attached hydrogens (tertiary/aromatic N) is 1. The minimum absolute atomic E-state index is 0.176. The molecule has 0 heterocycles. The fraction of sp³-hybridized carbons (Fsp3) is 0.316. The molecular weight excluding hydrogens is 391 g/mol. The third-order valence-corrected chi connectivity index (χ3v) is 5.29. The summed E-state index contributed by atoms with van der Waals surface area (Å²) in [5.74, 6) is 0.419. The van der Waals surface area contributed by atoms with E-state index in [9.17, 15) is 21.6 Å². The Hall–Kier alpha value is -2.55. The number of aliphatic imine (C=N–C) groups is 1. The van der Waals surface area contributed by atoms with E-state index in [2.05, 4.69) is 15.6 Å². The molecule has 0 aliphatic carbocycles. The van der Waals surface area contributed by atoms with Crippen molar-refractivity contribution in [2.24, 2.45) is 4.99 Å². The molecule has 0 aromatic heterocycles. The van der Waals surface area contributed by atoms with Crippen LogP contribution in [0, 0.1) is 6.92 Å². The van der Waals surface area contributed by atoms with Gasteiger partial charge in [0.25, 0.3) is 0 Å². The number of hydrogen-bond donors (Lipinski definition) is 2. The van der Waals surface area contributed by atoms with Crippen LogP contribution in [0.15, 0.2) is 52.4 Å². The van der Waals surface area contributed by atoms with Gasteiger partial charge in [0.2, 0.25) is 0 Å². The van der Waals surface area contributed by atoms with Crippen LogP contribution in [0.25, 0.3) is 0 Å². The molecule has 152 valence electrons. The van der Waals surface area contributed by atoms with Gasteiger partial charge in [-0.15, -0.1) is 0 Å². The summed E-state index contributed by atoms with van der Waals surface area (Å²) in [6, 6.07) is 10.1. The van der Waals surface area contributed by atoms with Gasteiger partial charge >= 0.3 is 6.18 Å². The maximum absolute atomic E-state index is 12.8. The van der Waals surface area contributed by atoms with Gasteiger partial charge < -0.3 is 10.6 Å². The Morgan fingerprint density at radius 1 is 1.04 bits per heavy atom. The van der Waals surface area contributed by atoms with Crippen molar-refractivity contribution in [1.82, 2.24) is 10.6 Å². The highest BCUT2D eigenvalue weighted by Crippen LogP contribution is 2.29. The molecule has 0 aliphatic rings. The van der Waals surface area contributed by atoms with Gasteiger partial charge in [0.1, 0.15) is 0 Å². The summed E-state index contributed by atoms with van der Waals surface area (Å²) in [6.45, 7) is 2.28. The number of nitrogens with one attached hydrogen (secondary N) is 2. The average Bonchev–Trinajstić information content (AvgIpc) is 2.60.